The summed E-state index contributed by atoms with van der Waals surface area (Å²) in [5.41, 5.74) is 4.29. The Labute approximate surface area is 119 Å². The van der Waals surface area contributed by atoms with Gasteiger partial charge in [0.25, 0.3) is 0 Å². The van der Waals surface area contributed by atoms with E-state index < -0.39 is 0 Å². The maximum atomic E-state index is 4.29. The smallest absolute Gasteiger partial charge is 0.0798 e. The van der Waals surface area contributed by atoms with E-state index in [2.05, 4.69) is 53.4 Å². The molecule has 0 unspecified atom stereocenters. The third kappa shape index (κ3) is 4.65. The molecule has 0 amide bonds. The van der Waals surface area contributed by atoms with Gasteiger partial charge in [0.05, 0.1) is 11.2 Å². The number of benzene rings is 1. The van der Waals surface area contributed by atoms with E-state index in [-0.39, 0.29) is 0 Å². The van der Waals surface area contributed by atoms with Gasteiger partial charge >= 0.3 is 0 Å². The summed E-state index contributed by atoms with van der Waals surface area (Å²) in [6.07, 6.45) is 1.14. The van der Waals surface area contributed by atoms with Crippen LogP contribution in [-0.4, -0.2) is 30.0 Å². The molecule has 2 rings (SSSR count). The number of hydrogen-bond donors (Lipinski definition) is 1. The summed E-state index contributed by atoms with van der Waals surface area (Å²) in [6, 6.07) is 10.4. The van der Waals surface area contributed by atoms with Gasteiger partial charge in [-0.25, -0.2) is 4.98 Å². The van der Waals surface area contributed by atoms with Crippen LogP contribution in [0.3, 0.4) is 0 Å². The normalized spacial score (nSPS) is 10.9. The van der Waals surface area contributed by atoms with E-state index in [4.69, 9.17) is 0 Å². The molecule has 1 aromatic carbocycles. The molecular formula is C15H21N3S. The number of rotatable bonds is 7. The first-order valence-corrected chi connectivity index (χ1v) is 7.50. The molecule has 0 aliphatic rings. The number of nitrogens with one attached hydrogen (secondary N) is 1. The molecule has 0 aliphatic carbocycles. The van der Waals surface area contributed by atoms with Gasteiger partial charge in [-0.3, -0.25) is 0 Å². The highest BCUT2D eigenvalue weighted by Crippen LogP contribution is 2.14. The molecule has 0 saturated heterocycles. The van der Waals surface area contributed by atoms with Crippen LogP contribution in [0.4, 0.5) is 5.69 Å². The molecule has 19 heavy (non-hydrogen) atoms. The molecule has 0 spiro atoms. The van der Waals surface area contributed by atoms with Crippen LogP contribution in [0.15, 0.2) is 35.8 Å². The lowest BCUT2D eigenvalue weighted by Crippen LogP contribution is -2.21. The number of anilines is 1. The topological polar surface area (TPSA) is 28.2 Å². The summed E-state index contributed by atoms with van der Waals surface area (Å²) >= 11 is 1.75. The largest absolute Gasteiger partial charge is 0.385 e. The minimum Gasteiger partial charge on any atom is -0.385 e. The zero-order valence-corrected chi connectivity index (χ0v) is 12.4. The van der Waals surface area contributed by atoms with Gasteiger partial charge in [-0.1, -0.05) is 18.2 Å². The molecule has 4 heteroatoms. The van der Waals surface area contributed by atoms with E-state index >= 15 is 0 Å². The molecule has 3 nitrogen and oxygen atoms in total. The van der Waals surface area contributed by atoms with Crippen LogP contribution < -0.4 is 5.32 Å². The second-order valence-corrected chi connectivity index (χ2v) is 5.68. The second-order valence-electron chi connectivity index (χ2n) is 4.75. The molecule has 0 saturated carbocycles. The fourth-order valence-corrected chi connectivity index (χ4v) is 2.80. The first kappa shape index (κ1) is 14.0. The predicted octanol–water partition coefficient (Wildman–Crippen LogP) is 3.39. The van der Waals surface area contributed by atoms with Gasteiger partial charge in [-0.15, -0.1) is 11.3 Å². The molecular weight excluding hydrogens is 254 g/mol. The average molecular weight is 275 g/mol. The molecule has 0 atom stereocenters. The van der Waals surface area contributed by atoms with Crippen LogP contribution in [0.25, 0.3) is 0 Å². The highest BCUT2D eigenvalue weighted by atomic mass is 32.1. The van der Waals surface area contributed by atoms with Crippen molar-refractivity contribution in [1.82, 2.24) is 9.88 Å². The van der Waals surface area contributed by atoms with Crippen LogP contribution >= 0.6 is 11.3 Å². The highest BCUT2D eigenvalue weighted by molar-refractivity contribution is 7.09. The Kier molecular flexibility index (Phi) is 5.36. The molecule has 0 bridgehead atoms. The van der Waals surface area contributed by atoms with Crippen LogP contribution in [0.1, 0.15) is 17.0 Å². The van der Waals surface area contributed by atoms with E-state index in [1.54, 1.807) is 11.3 Å². The van der Waals surface area contributed by atoms with Crippen molar-refractivity contribution in [3.05, 3.63) is 46.4 Å². The SMILES string of the molecule is Cc1ncsc1CN(C)CCCNc1ccccc1. The van der Waals surface area contributed by atoms with Gasteiger partial charge in [-0.05, 0) is 39.1 Å². The van der Waals surface area contributed by atoms with Gasteiger partial charge in [0, 0.05) is 23.7 Å². The van der Waals surface area contributed by atoms with Crippen molar-refractivity contribution in [3.63, 3.8) is 0 Å². The van der Waals surface area contributed by atoms with Crippen molar-refractivity contribution in [2.75, 3.05) is 25.5 Å². The van der Waals surface area contributed by atoms with Crippen molar-refractivity contribution < 1.29 is 0 Å². The molecule has 102 valence electrons. The zero-order chi connectivity index (χ0) is 13.5. The van der Waals surface area contributed by atoms with Crippen molar-refractivity contribution in [2.24, 2.45) is 0 Å². The third-order valence-electron chi connectivity index (χ3n) is 3.08. The fourth-order valence-electron chi connectivity index (χ4n) is 1.94. The van der Waals surface area contributed by atoms with Crippen LogP contribution in [0.5, 0.6) is 0 Å². The number of nitrogens with zero attached hydrogens (tertiary/aromatic N) is 2. The lowest BCUT2D eigenvalue weighted by atomic mass is 10.3. The molecule has 1 heterocycles. The van der Waals surface area contributed by atoms with Crippen molar-refractivity contribution >= 4 is 17.0 Å². The van der Waals surface area contributed by atoms with Gasteiger partial charge < -0.3 is 10.2 Å². The summed E-state index contributed by atoms with van der Waals surface area (Å²) in [4.78, 5) is 8.01. The highest BCUT2D eigenvalue weighted by Gasteiger charge is 2.05. The van der Waals surface area contributed by atoms with E-state index in [1.807, 2.05) is 11.6 Å². The van der Waals surface area contributed by atoms with Crippen molar-refractivity contribution in [3.8, 4) is 0 Å². The fraction of sp³-hybridized carbons (Fsp3) is 0.400. The van der Waals surface area contributed by atoms with Crippen LogP contribution in [-0.2, 0) is 6.54 Å². The third-order valence-corrected chi connectivity index (χ3v) is 4.00. The summed E-state index contributed by atoms with van der Waals surface area (Å²) < 4.78 is 0. The Morgan fingerprint density at radius 1 is 1.26 bits per heavy atom. The minimum absolute atomic E-state index is 1.00. The maximum absolute atomic E-state index is 4.29. The van der Waals surface area contributed by atoms with Gasteiger partial charge in [0.1, 0.15) is 0 Å². The first-order valence-electron chi connectivity index (χ1n) is 6.62. The summed E-state index contributed by atoms with van der Waals surface area (Å²) in [5.74, 6) is 0. The monoisotopic (exact) mass is 275 g/mol. The van der Waals surface area contributed by atoms with E-state index in [9.17, 15) is 0 Å². The summed E-state index contributed by atoms with van der Waals surface area (Å²) in [7, 11) is 2.17. The van der Waals surface area contributed by atoms with Crippen molar-refractivity contribution in [2.45, 2.75) is 19.9 Å². The predicted molar refractivity (Wildman–Crippen MR) is 82.7 cm³/mol. The Morgan fingerprint density at radius 2 is 2.05 bits per heavy atom. The summed E-state index contributed by atoms with van der Waals surface area (Å²) in [5, 5.41) is 3.43. The van der Waals surface area contributed by atoms with Crippen molar-refractivity contribution in [1.29, 1.82) is 0 Å². The number of aromatic nitrogens is 1. The van der Waals surface area contributed by atoms with Gasteiger partial charge in [0.2, 0.25) is 0 Å². The first-order chi connectivity index (χ1) is 9.25. The Balaban J connectivity index is 1.64. The summed E-state index contributed by atoms with van der Waals surface area (Å²) in [6.45, 7) is 5.19. The Bertz CT molecular complexity index is 481. The lowest BCUT2D eigenvalue weighted by Gasteiger charge is -2.16. The zero-order valence-electron chi connectivity index (χ0n) is 11.6. The quantitative estimate of drug-likeness (QED) is 0.785. The number of aryl methyl sites for hydroxylation is 1. The lowest BCUT2D eigenvalue weighted by molar-refractivity contribution is 0.327. The second kappa shape index (κ2) is 7.26. The molecule has 0 fully saturated rings. The number of para-hydroxylation sites is 1. The Hall–Kier alpha value is -1.39. The molecule has 1 aromatic heterocycles. The van der Waals surface area contributed by atoms with E-state index in [0.29, 0.717) is 0 Å². The standard InChI is InChI=1S/C15H21N3S/c1-13-15(19-12-17-13)11-18(2)10-6-9-16-14-7-4-3-5-8-14/h3-5,7-8,12,16H,6,9-11H2,1-2H3. The number of thiazole rings is 1. The van der Waals surface area contributed by atoms with Gasteiger partial charge in [0.15, 0.2) is 0 Å². The molecule has 0 radical (unpaired) electrons. The molecule has 2 aromatic rings. The Morgan fingerprint density at radius 3 is 2.74 bits per heavy atom. The average Bonchev–Trinajstić information content (AvgIpc) is 2.82. The van der Waals surface area contributed by atoms with E-state index in [1.165, 1.54) is 16.3 Å². The molecule has 0 aliphatic heterocycles. The maximum Gasteiger partial charge on any atom is 0.0798 e. The van der Waals surface area contributed by atoms with Gasteiger partial charge in [-0.2, -0.15) is 0 Å². The minimum atomic E-state index is 1.00. The number of hydrogen-bond acceptors (Lipinski definition) is 4. The van der Waals surface area contributed by atoms with Crippen LogP contribution in [0.2, 0.25) is 0 Å². The van der Waals surface area contributed by atoms with Crippen LogP contribution in [0, 0.1) is 6.92 Å². The van der Waals surface area contributed by atoms with E-state index in [0.717, 1.165) is 26.1 Å². The molecule has 1 N–H and O–H groups in total.